The van der Waals surface area contributed by atoms with E-state index >= 15 is 0 Å². The molecule has 2 aromatic rings. The molecule has 1 amide bonds. The van der Waals surface area contributed by atoms with Crippen LogP contribution in [0.1, 0.15) is 12.6 Å². The molecule has 1 aromatic heterocycles. The molecular weight excluding hydrogens is 370 g/mol. The summed E-state index contributed by atoms with van der Waals surface area (Å²) in [6.07, 6.45) is 0. The zero-order valence-corrected chi connectivity index (χ0v) is 15.4. The van der Waals surface area contributed by atoms with E-state index in [1.807, 2.05) is 42.2 Å². The first-order valence-electron chi connectivity index (χ1n) is 7.90. The molecule has 0 atom stereocenters. The van der Waals surface area contributed by atoms with Crippen molar-refractivity contribution in [3.8, 4) is 0 Å². The third-order valence-electron chi connectivity index (χ3n) is 3.97. The number of hydrogen-bond donors (Lipinski definition) is 1. The Hall–Kier alpha value is -2.15. The van der Waals surface area contributed by atoms with Crippen molar-refractivity contribution in [1.82, 2.24) is 14.9 Å². The maximum atomic E-state index is 11.4. The number of aryl methyl sites for hydroxylation is 1. The number of amides is 1. The van der Waals surface area contributed by atoms with E-state index in [0.717, 1.165) is 47.9 Å². The van der Waals surface area contributed by atoms with Crippen LogP contribution in [0.3, 0.4) is 0 Å². The molecule has 1 saturated heterocycles. The molecule has 1 aliphatic heterocycles. The monoisotopic (exact) mass is 389 g/mol. The van der Waals surface area contributed by atoms with E-state index in [0.29, 0.717) is 5.95 Å². The molecule has 0 unspecified atom stereocenters. The highest BCUT2D eigenvalue weighted by Gasteiger charge is 2.20. The second kappa shape index (κ2) is 7.17. The number of hydrogen-bond acceptors (Lipinski definition) is 5. The normalized spacial score (nSPS) is 14.6. The molecular formula is C17H20BrN5O. The van der Waals surface area contributed by atoms with Crippen molar-refractivity contribution in [1.29, 1.82) is 0 Å². The van der Waals surface area contributed by atoms with Gasteiger partial charge in [-0.2, -0.15) is 4.98 Å². The Morgan fingerprint density at radius 3 is 2.58 bits per heavy atom. The number of halogens is 1. The Balaban J connectivity index is 1.76. The Kier molecular flexibility index (Phi) is 4.99. The maximum Gasteiger partial charge on any atom is 0.229 e. The third-order valence-corrected chi connectivity index (χ3v) is 4.46. The summed E-state index contributed by atoms with van der Waals surface area (Å²) in [7, 11) is 0. The summed E-state index contributed by atoms with van der Waals surface area (Å²) < 4.78 is 1.00. The van der Waals surface area contributed by atoms with Gasteiger partial charge in [0, 0.05) is 55.0 Å². The first-order chi connectivity index (χ1) is 11.5. The fourth-order valence-electron chi connectivity index (χ4n) is 2.72. The number of nitrogens with zero attached hydrogens (tertiary/aromatic N) is 4. The molecule has 3 rings (SSSR count). The van der Waals surface area contributed by atoms with Crippen molar-refractivity contribution >= 4 is 39.3 Å². The molecule has 1 aliphatic rings. The lowest BCUT2D eigenvalue weighted by Gasteiger charge is -2.35. The molecule has 0 saturated carbocycles. The van der Waals surface area contributed by atoms with Gasteiger partial charge in [-0.05, 0) is 25.1 Å². The predicted molar refractivity (Wildman–Crippen MR) is 98.7 cm³/mol. The number of benzene rings is 1. The molecule has 1 N–H and O–H groups in total. The van der Waals surface area contributed by atoms with Crippen LogP contribution in [0.15, 0.2) is 34.8 Å². The fraction of sp³-hybridized carbons (Fsp3) is 0.353. The Morgan fingerprint density at radius 2 is 1.92 bits per heavy atom. The third kappa shape index (κ3) is 4.03. The van der Waals surface area contributed by atoms with Crippen LogP contribution < -0.4 is 10.2 Å². The van der Waals surface area contributed by atoms with Gasteiger partial charge in [0.15, 0.2) is 0 Å². The summed E-state index contributed by atoms with van der Waals surface area (Å²) in [6, 6.07) is 9.88. The van der Waals surface area contributed by atoms with E-state index in [2.05, 4.69) is 36.1 Å². The van der Waals surface area contributed by atoms with Crippen LogP contribution >= 0.6 is 15.9 Å². The summed E-state index contributed by atoms with van der Waals surface area (Å²) in [5.74, 6) is 1.60. The first-order valence-corrected chi connectivity index (χ1v) is 8.69. The number of nitrogens with one attached hydrogen (secondary N) is 1. The molecule has 2 heterocycles. The van der Waals surface area contributed by atoms with Crippen molar-refractivity contribution in [3.05, 3.63) is 40.5 Å². The van der Waals surface area contributed by atoms with E-state index in [1.165, 1.54) is 0 Å². The minimum atomic E-state index is 0.130. The average molecular weight is 390 g/mol. The number of piperazine rings is 1. The number of carbonyl (C=O) groups is 1. The number of aromatic nitrogens is 2. The molecule has 1 fully saturated rings. The van der Waals surface area contributed by atoms with Gasteiger partial charge >= 0.3 is 0 Å². The SMILES string of the molecule is CC(=O)N1CCN(c2cc(C)nc(Nc3cccc(Br)c3)n2)CC1. The van der Waals surface area contributed by atoms with Crippen LogP contribution in [-0.2, 0) is 4.79 Å². The van der Waals surface area contributed by atoms with Crippen molar-refractivity contribution in [2.24, 2.45) is 0 Å². The first kappa shape index (κ1) is 16.7. The quantitative estimate of drug-likeness (QED) is 0.873. The zero-order valence-electron chi connectivity index (χ0n) is 13.8. The van der Waals surface area contributed by atoms with Gasteiger partial charge in [-0.15, -0.1) is 0 Å². The topological polar surface area (TPSA) is 61.4 Å². The van der Waals surface area contributed by atoms with E-state index < -0.39 is 0 Å². The predicted octanol–water partition coefficient (Wildman–Crippen LogP) is 2.96. The van der Waals surface area contributed by atoms with Crippen molar-refractivity contribution in [2.75, 3.05) is 36.4 Å². The smallest absolute Gasteiger partial charge is 0.229 e. The Morgan fingerprint density at radius 1 is 1.17 bits per heavy atom. The summed E-state index contributed by atoms with van der Waals surface area (Å²) in [6.45, 7) is 6.60. The molecule has 0 radical (unpaired) electrons. The molecule has 0 bridgehead atoms. The van der Waals surface area contributed by atoms with Gasteiger partial charge < -0.3 is 15.1 Å². The molecule has 24 heavy (non-hydrogen) atoms. The van der Waals surface area contributed by atoms with Crippen LogP contribution in [0, 0.1) is 6.92 Å². The van der Waals surface area contributed by atoms with Gasteiger partial charge in [-0.1, -0.05) is 22.0 Å². The Bertz CT molecular complexity index is 744. The second-order valence-corrected chi connectivity index (χ2v) is 6.74. The van der Waals surface area contributed by atoms with Gasteiger partial charge in [0.1, 0.15) is 5.82 Å². The van der Waals surface area contributed by atoms with Crippen LogP contribution in [0.25, 0.3) is 0 Å². The van der Waals surface area contributed by atoms with Gasteiger partial charge in [0.05, 0.1) is 0 Å². The lowest BCUT2D eigenvalue weighted by molar-refractivity contribution is -0.129. The van der Waals surface area contributed by atoms with Gasteiger partial charge in [-0.3, -0.25) is 4.79 Å². The highest BCUT2D eigenvalue weighted by molar-refractivity contribution is 9.10. The summed E-state index contributed by atoms with van der Waals surface area (Å²) in [5.41, 5.74) is 1.84. The zero-order chi connectivity index (χ0) is 17.1. The van der Waals surface area contributed by atoms with Crippen LogP contribution in [0.4, 0.5) is 17.5 Å². The van der Waals surface area contributed by atoms with Gasteiger partial charge in [0.25, 0.3) is 0 Å². The molecule has 1 aromatic carbocycles. The standard InChI is InChI=1S/C17H20BrN5O/c1-12-10-16(23-8-6-22(7-9-23)13(2)24)21-17(19-12)20-15-5-3-4-14(18)11-15/h3-5,10-11H,6-9H2,1-2H3,(H,19,20,21). The molecule has 0 spiro atoms. The molecule has 7 heteroatoms. The highest BCUT2D eigenvalue weighted by Crippen LogP contribution is 2.21. The Labute approximate surface area is 150 Å². The summed E-state index contributed by atoms with van der Waals surface area (Å²) in [4.78, 5) is 24.6. The summed E-state index contributed by atoms with van der Waals surface area (Å²) in [5, 5.41) is 3.25. The molecule has 126 valence electrons. The van der Waals surface area contributed by atoms with Crippen LogP contribution in [0.2, 0.25) is 0 Å². The highest BCUT2D eigenvalue weighted by atomic mass is 79.9. The van der Waals surface area contributed by atoms with Crippen LogP contribution in [0.5, 0.6) is 0 Å². The maximum absolute atomic E-state index is 11.4. The minimum Gasteiger partial charge on any atom is -0.353 e. The van der Waals surface area contributed by atoms with E-state index in [1.54, 1.807) is 6.92 Å². The summed E-state index contributed by atoms with van der Waals surface area (Å²) >= 11 is 3.46. The van der Waals surface area contributed by atoms with Crippen molar-refractivity contribution in [2.45, 2.75) is 13.8 Å². The second-order valence-electron chi connectivity index (χ2n) is 5.82. The fourth-order valence-corrected chi connectivity index (χ4v) is 3.11. The largest absolute Gasteiger partial charge is 0.353 e. The van der Waals surface area contributed by atoms with Crippen molar-refractivity contribution < 1.29 is 4.79 Å². The van der Waals surface area contributed by atoms with Gasteiger partial charge in [0.2, 0.25) is 11.9 Å². The number of rotatable bonds is 3. The average Bonchev–Trinajstić information content (AvgIpc) is 2.54. The molecule has 0 aliphatic carbocycles. The van der Waals surface area contributed by atoms with Crippen molar-refractivity contribution in [3.63, 3.8) is 0 Å². The lowest BCUT2D eigenvalue weighted by Crippen LogP contribution is -2.48. The number of anilines is 3. The van der Waals surface area contributed by atoms with E-state index in [4.69, 9.17) is 0 Å². The van der Waals surface area contributed by atoms with Crippen LogP contribution in [-0.4, -0.2) is 47.0 Å². The van der Waals surface area contributed by atoms with E-state index in [9.17, 15) is 4.79 Å². The molecule has 6 nitrogen and oxygen atoms in total. The lowest BCUT2D eigenvalue weighted by atomic mass is 10.3. The van der Waals surface area contributed by atoms with Gasteiger partial charge in [-0.25, -0.2) is 4.98 Å². The van der Waals surface area contributed by atoms with E-state index in [-0.39, 0.29) is 5.91 Å². The number of carbonyl (C=O) groups excluding carboxylic acids is 1. The minimum absolute atomic E-state index is 0.130.